The molecule has 1 rings (SSSR count). The second-order valence-corrected chi connectivity index (χ2v) is 4.02. The molecule has 0 bridgehead atoms. The summed E-state index contributed by atoms with van der Waals surface area (Å²) in [5, 5.41) is 3.78. The maximum Gasteiger partial charge on any atom is 0.332 e. The normalized spacial score (nSPS) is 11.0. The number of rotatable bonds is 3. The minimum absolute atomic E-state index is 0.413. The summed E-state index contributed by atoms with van der Waals surface area (Å²) in [7, 11) is 0. The number of aryl methyl sites for hydroxylation is 1. The molecule has 4 nitrogen and oxygen atoms in total. The van der Waals surface area contributed by atoms with Crippen molar-refractivity contribution in [1.82, 2.24) is 5.43 Å². The van der Waals surface area contributed by atoms with E-state index in [1.807, 2.05) is 13.0 Å². The molecule has 0 aliphatic carbocycles. The van der Waals surface area contributed by atoms with E-state index >= 15 is 0 Å². The third-order valence-corrected chi connectivity index (χ3v) is 2.24. The third-order valence-electron chi connectivity index (χ3n) is 2.24. The predicted molar refractivity (Wildman–Crippen MR) is 65.6 cm³/mol. The van der Waals surface area contributed by atoms with E-state index in [4.69, 9.17) is 5.73 Å². The second kappa shape index (κ2) is 5.30. The lowest BCUT2D eigenvalue weighted by Gasteiger charge is -2.10. The van der Waals surface area contributed by atoms with Gasteiger partial charge in [-0.25, -0.2) is 10.2 Å². The van der Waals surface area contributed by atoms with Gasteiger partial charge in [0.05, 0.1) is 6.21 Å². The van der Waals surface area contributed by atoms with Crippen LogP contribution >= 0.6 is 0 Å². The molecular formula is C12H17N3O. The van der Waals surface area contributed by atoms with Gasteiger partial charge in [0.25, 0.3) is 0 Å². The summed E-state index contributed by atoms with van der Waals surface area (Å²) in [5.41, 5.74) is 10.5. The van der Waals surface area contributed by atoms with E-state index < -0.39 is 6.03 Å². The number of nitrogens with two attached hydrogens (primary N) is 1. The zero-order valence-electron chi connectivity index (χ0n) is 9.82. The fourth-order valence-electron chi connectivity index (χ4n) is 1.50. The lowest BCUT2D eigenvalue weighted by molar-refractivity contribution is 0.249. The van der Waals surface area contributed by atoms with E-state index in [0.29, 0.717) is 5.92 Å². The average Bonchev–Trinajstić information content (AvgIpc) is 2.16. The number of hydrazone groups is 1. The van der Waals surface area contributed by atoms with E-state index in [2.05, 4.69) is 36.5 Å². The van der Waals surface area contributed by atoms with Crippen molar-refractivity contribution >= 4 is 12.2 Å². The number of hydrogen-bond acceptors (Lipinski definition) is 2. The first-order chi connectivity index (χ1) is 7.50. The van der Waals surface area contributed by atoms with Crippen molar-refractivity contribution in [3.63, 3.8) is 0 Å². The van der Waals surface area contributed by atoms with Crippen LogP contribution in [-0.2, 0) is 0 Å². The van der Waals surface area contributed by atoms with Gasteiger partial charge in [-0.05, 0) is 24.0 Å². The molecule has 4 heteroatoms. The number of amides is 2. The minimum atomic E-state index is -0.657. The molecule has 0 fully saturated rings. The topological polar surface area (TPSA) is 67.5 Å². The van der Waals surface area contributed by atoms with Crippen LogP contribution in [0.15, 0.2) is 23.3 Å². The molecule has 0 spiro atoms. The van der Waals surface area contributed by atoms with Crippen LogP contribution in [0.4, 0.5) is 4.79 Å². The van der Waals surface area contributed by atoms with Gasteiger partial charge in [-0.1, -0.05) is 37.6 Å². The van der Waals surface area contributed by atoms with Gasteiger partial charge in [-0.15, -0.1) is 0 Å². The highest BCUT2D eigenvalue weighted by molar-refractivity contribution is 5.83. The molecule has 0 radical (unpaired) electrons. The standard InChI is InChI=1S/C12H17N3O/c1-8(2)11-5-4-9(3)6-10(11)7-14-15-12(13)16/h4-8H,1-3H3,(H3,13,15,16). The lowest BCUT2D eigenvalue weighted by Crippen LogP contribution is -2.24. The van der Waals surface area contributed by atoms with Gasteiger partial charge in [-0.3, -0.25) is 0 Å². The molecule has 1 aromatic carbocycles. The largest absolute Gasteiger partial charge is 0.350 e. The number of urea groups is 1. The van der Waals surface area contributed by atoms with Crippen LogP contribution in [0.25, 0.3) is 0 Å². The predicted octanol–water partition coefficient (Wildman–Crippen LogP) is 2.12. The van der Waals surface area contributed by atoms with Crippen LogP contribution in [0.1, 0.15) is 36.5 Å². The fourth-order valence-corrected chi connectivity index (χ4v) is 1.50. The fraction of sp³-hybridized carbons (Fsp3) is 0.333. The van der Waals surface area contributed by atoms with E-state index in [9.17, 15) is 4.79 Å². The molecule has 0 aliphatic heterocycles. The number of benzene rings is 1. The molecule has 0 aliphatic rings. The zero-order chi connectivity index (χ0) is 12.1. The summed E-state index contributed by atoms with van der Waals surface area (Å²) in [6, 6.07) is 5.51. The first kappa shape index (κ1) is 12.2. The summed E-state index contributed by atoms with van der Waals surface area (Å²) < 4.78 is 0. The van der Waals surface area contributed by atoms with Crippen LogP contribution in [0.3, 0.4) is 0 Å². The SMILES string of the molecule is Cc1ccc(C(C)C)c(C=NNC(N)=O)c1. The van der Waals surface area contributed by atoms with E-state index in [-0.39, 0.29) is 0 Å². The lowest BCUT2D eigenvalue weighted by atomic mass is 9.96. The van der Waals surface area contributed by atoms with Crippen molar-refractivity contribution in [2.24, 2.45) is 10.8 Å². The van der Waals surface area contributed by atoms with Crippen LogP contribution in [0.5, 0.6) is 0 Å². The van der Waals surface area contributed by atoms with Crippen molar-refractivity contribution in [3.8, 4) is 0 Å². The van der Waals surface area contributed by atoms with Crippen molar-refractivity contribution < 1.29 is 4.79 Å². The molecule has 16 heavy (non-hydrogen) atoms. The molecule has 0 heterocycles. The van der Waals surface area contributed by atoms with Crippen LogP contribution < -0.4 is 11.2 Å². The monoisotopic (exact) mass is 219 g/mol. The molecule has 0 unspecified atom stereocenters. The number of nitrogens with zero attached hydrogens (tertiary/aromatic N) is 1. The highest BCUT2D eigenvalue weighted by Gasteiger charge is 2.04. The van der Waals surface area contributed by atoms with E-state index in [1.54, 1.807) is 6.21 Å². The highest BCUT2D eigenvalue weighted by Crippen LogP contribution is 2.19. The van der Waals surface area contributed by atoms with Crippen molar-refractivity contribution in [1.29, 1.82) is 0 Å². The van der Waals surface area contributed by atoms with Crippen LogP contribution in [0.2, 0.25) is 0 Å². The van der Waals surface area contributed by atoms with Crippen molar-refractivity contribution in [3.05, 3.63) is 34.9 Å². The molecular weight excluding hydrogens is 202 g/mol. The Morgan fingerprint density at radius 1 is 1.50 bits per heavy atom. The molecule has 0 atom stereocenters. The minimum Gasteiger partial charge on any atom is -0.350 e. The Hall–Kier alpha value is -1.84. The number of carbonyl (C=O) groups excluding carboxylic acids is 1. The number of primary amides is 1. The molecule has 0 saturated heterocycles. The van der Waals surface area contributed by atoms with E-state index in [0.717, 1.165) is 11.1 Å². The molecule has 3 N–H and O–H groups in total. The van der Waals surface area contributed by atoms with Gasteiger partial charge in [0.1, 0.15) is 0 Å². The maximum absolute atomic E-state index is 10.5. The zero-order valence-corrected chi connectivity index (χ0v) is 9.82. The maximum atomic E-state index is 10.5. The van der Waals surface area contributed by atoms with Gasteiger partial charge >= 0.3 is 6.03 Å². The van der Waals surface area contributed by atoms with Gasteiger partial charge in [0.15, 0.2) is 0 Å². The second-order valence-electron chi connectivity index (χ2n) is 4.02. The number of carbonyl (C=O) groups is 1. The average molecular weight is 219 g/mol. The summed E-state index contributed by atoms with van der Waals surface area (Å²) in [6.07, 6.45) is 1.62. The number of nitrogens with one attached hydrogen (secondary N) is 1. The van der Waals surface area contributed by atoms with Crippen LogP contribution in [-0.4, -0.2) is 12.2 Å². The summed E-state index contributed by atoms with van der Waals surface area (Å²) in [5.74, 6) is 0.413. The molecule has 0 saturated carbocycles. The molecule has 1 aromatic rings. The quantitative estimate of drug-likeness (QED) is 0.593. The van der Waals surface area contributed by atoms with Crippen molar-refractivity contribution in [2.75, 3.05) is 0 Å². The Bertz CT molecular complexity index is 411. The third kappa shape index (κ3) is 3.38. The summed E-state index contributed by atoms with van der Waals surface area (Å²) in [4.78, 5) is 10.5. The Kier molecular flexibility index (Phi) is 4.05. The smallest absolute Gasteiger partial charge is 0.332 e. The summed E-state index contributed by atoms with van der Waals surface area (Å²) >= 11 is 0. The van der Waals surface area contributed by atoms with Gasteiger partial charge in [-0.2, -0.15) is 5.10 Å². The summed E-state index contributed by atoms with van der Waals surface area (Å²) in [6.45, 7) is 6.25. The Morgan fingerprint density at radius 2 is 2.19 bits per heavy atom. The Balaban J connectivity index is 2.96. The highest BCUT2D eigenvalue weighted by atomic mass is 16.2. The van der Waals surface area contributed by atoms with Gasteiger partial charge < -0.3 is 5.73 Å². The van der Waals surface area contributed by atoms with E-state index in [1.165, 1.54) is 5.56 Å². The molecule has 86 valence electrons. The first-order valence-electron chi connectivity index (χ1n) is 5.19. The van der Waals surface area contributed by atoms with Crippen molar-refractivity contribution in [2.45, 2.75) is 26.7 Å². The molecule has 0 aromatic heterocycles. The molecule has 2 amide bonds. The number of hydrogen-bond donors (Lipinski definition) is 2. The Morgan fingerprint density at radius 3 is 2.75 bits per heavy atom. The first-order valence-corrected chi connectivity index (χ1v) is 5.19. The van der Waals surface area contributed by atoms with Crippen LogP contribution in [0, 0.1) is 6.92 Å². The Labute approximate surface area is 95.5 Å². The van der Waals surface area contributed by atoms with Gasteiger partial charge in [0.2, 0.25) is 0 Å². The van der Waals surface area contributed by atoms with Gasteiger partial charge in [0, 0.05) is 0 Å².